The highest BCUT2D eigenvalue weighted by Gasteiger charge is 2.22. The lowest BCUT2D eigenvalue weighted by Crippen LogP contribution is -2.08. The summed E-state index contributed by atoms with van der Waals surface area (Å²) in [5.74, 6) is 2.82. The predicted molar refractivity (Wildman–Crippen MR) is 236 cm³/mol. The van der Waals surface area contributed by atoms with E-state index in [0.29, 0.717) is 23.9 Å². The van der Waals surface area contributed by atoms with Crippen LogP contribution < -0.4 is 0 Å². The van der Waals surface area contributed by atoms with Gasteiger partial charge in [0.1, 0.15) is 11.6 Å². The average Bonchev–Trinajstić information content (AvgIpc) is 3.83. The number of benzene rings is 7. The van der Waals surface area contributed by atoms with E-state index in [4.69, 9.17) is 19.9 Å². The average molecular weight is 748 g/mol. The fourth-order valence-corrected chi connectivity index (χ4v) is 9.29. The number of rotatable bonds is 7. The maximum absolute atomic E-state index is 5.41. The Hall–Kier alpha value is -7.28. The van der Waals surface area contributed by atoms with Crippen molar-refractivity contribution in [3.8, 4) is 50.8 Å². The summed E-state index contributed by atoms with van der Waals surface area (Å²) in [6, 6.07) is 63.8. The third-order valence-corrected chi connectivity index (χ3v) is 11.9. The maximum Gasteiger partial charge on any atom is 0.163 e. The molecule has 4 heterocycles. The van der Waals surface area contributed by atoms with Crippen LogP contribution in [0.3, 0.4) is 0 Å². The highest BCUT2D eigenvalue weighted by Crippen LogP contribution is 2.43. The van der Waals surface area contributed by atoms with Gasteiger partial charge in [-0.2, -0.15) is 0 Å². The lowest BCUT2D eigenvalue weighted by Gasteiger charge is -2.16. The van der Waals surface area contributed by atoms with E-state index in [1.54, 1.807) is 0 Å². The van der Waals surface area contributed by atoms with Gasteiger partial charge in [0.15, 0.2) is 11.6 Å². The minimum Gasteiger partial charge on any atom is -0.292 e. The Labute approximate surface area is 333 Å². The zero-order chi connectivity index (χ0) is 37.7. The molecule has 0 atom stereocenters. The second-order valence-electron chi connectivity index (χ2n) is 14.3. The summed E-state index contributed by atoms with van der Waals surface area (Å²) in [5, 5.41) is 4.91. The summed E-state index contributed by atoms with van der Waals surface area (Å²) in [4.78, 5) is 20.7. The minimum atomic E-state index is 0.438. The monoisotopic (exact) mass is 747 g/mol. The van der Waals surface area contributed by atoms with Gasteiger partial charge in [0.05, 0.1) is 15.7 Å². The minimum absolute atomic E-state index is 0.438. The summed E-state index contributed by atoms with van der Waals surface area (Å²) in [6.45, 7) is 0. The first-order chi connectivity index (χ1) is 28.2. The highest BCUT2D eigenvalue weighted by molar-refractivity contribution is 7.26. The van der Waals surface area contributed by atoms with Crippen molar-refractivity contribution in [3.63, 3.8) is 0 Å². The quantitative estimate of drug-likeness (QED) is 0.163. The third kappa shape index (κ3) is 5.86. The van der Waals surface area contributed by atoms with Gasteiger partial charge >= 0.3 is 0 Å². The van der Waals surface area contributed by atoms with Crippen LogP contribution in [-0.2, 0) is 6.42 Å². The van der Waals surface area contributed by atoms with Crippen molar-refractivity contribution in [1.82, 2.24) is 24.5 Å². The molecular weight excluding hydrogens is 715 g/mol. The van der Waals surface area contributed by atoms with Gasteiger partial charge in [-0.05, 0) is 41.0 Å². The van der Waals surface area contributed by atoms with Gasteiger partial charge in [-0.1, -0.05) is 158 Å². The fourth-order valence-electron chi connectivity index (χ4n) is 8.05. The first-order valence-corrected chi connectivity index (χ1v) is 19.9. The Balaban J connectivity index is 1.17. The molecule has 0 bridgehead atoms. The number of pyridine rings is 1. The number of nitrogens with zero attached hydrogens (tertiary/aromatic N) is 5. The first-order valence-electron chi connectivity index (χ1n) is 19.1. The lowest BCUT2D eigenvalue weighted by molar-refractivity contribution is 0.914. The molecule has 6 heteroatoms. The normalized spacial score (nSPS) is 11.6. The molecular formula is C51H33N5S. The molecule has 0 saturated carbocycles. The van der Waals surface area contributed by atoms with Crippen LogP contribution in [0.25, 0.3) is 92.8 Å². The van der Waals surface area contributed by atoms with Gasteiger partial charge in [0, 0.05) is 61.1 Å². The molecule has 57 heavy (non-hydrogen) atoms. The van der Waals surface area contributed by atoms with Crippen molar-refractivity contribution < 1.29 is 0 Å². The van der Waals surface area contributed by atoms with Crippen LogP contribution >= 0.6 is 11.3 Å². The third-order valence-electron chi connectivity index (χ3n) is 10.7. The van der Waals surface area contributed by atoms with Gasteiger partial charge in [-0.25, -0.2) is 19.9 Å². The van der Waals surface area contributed by atoms with E-state index in [0.717, 1.165) is 50.2 Å². The van der Waals surface area contributed by atoms with Crippen molar-refractivity contribution >= 4 is 53.3 Å². The number of hydrogen-bond donors (Lipinski definition) is 0. The van der Waals surface area contributed by atoms with Crippen LogP contribution in [0.15, 0.2) is 188 Å². The van der Waals surface area contributed by atoms with Crippen LogP contribution in [0.2, 0.25) is 0 Å². The summed E-state index contributed by atoms with van der Waals surface area (Å²) < 4.78 is 4.89. The van der Waals surface area contributed by atoms with Crippen molar-refractivity contribution in [3.05, 3.63) is 200 Å². The van der Waals surface area contributed by atoms with E-state index in [1.807, 2.05) is 53.9 Å². The summed E-state index contributed by atoms with van der Waals surface area (Å²) in [5.41, 5.74) is 9.62. The molecule has 0 unspecified atom stereocenters. The highest BCUT2D eigenvalue weighted by atomic mass is 32.1. The second-order valence-corrected chi connectivity index (χ2v) is 15.3. The van der Waals surface area contributed by atoms with E-state index in [9.17, 15) is 0 Å². The van der Waals surface area contributed by atoms with E-state index < -0.39 is 0 Å². The molecule has 11 aromatic rings. The van der Waals surface area contributed by atoms with Crippen molar-refractivity contribution in [1.29, 1.82) is 0 Å². The Morgan fingerprint density at radius 3 is 1.74 bits per heavy atom. The molecule has 7 aromatic carbocycles. The molecule has 0 aliphatic carbocycles. The smallest absolute Gasteiger partial charge is 0.163 e. The molecule has 5 nitrogen and oxygen atoms in total. The molecule has 0 saturated heterocycles. The molecule has 4 aromatic heterocycles. The van der Waals surface area contributed by atoms with Crippen LogP contribution in [0.1, 0.15) is 11.4 Å². The zero-order valence-corrected chi connectivity index (χ0v) is 31.6. The number of thiophene rings is 1. The molecule has 0 radical (unpaired) electrons. The zero-order valence-electron chi connectivity index (χ0n) is 30.7. The van der Waals surface area contributed by atoms with E-state index in [-0.39, 0.29) is 0 Å². The number of hydrogen-bond acceptors (Lipinski definition) is 5. The summed E-state index contributed by atoms with van der Waals surface area (Å²) in [7, 11) is 0. The number of aromatic nitrogens is 5. The molecule has 0 aliphatic rings. The maximum atomic E-state index is 5.41. The Morgan fingerprint density at radius 2 is 1.02 bits per heavy atom. The van der Waals surface area contributed by atoms with Gasteiger partial charge in [0.25, 0.3) is 0 Å². The predicted octanol–water partition coefficient (Wildman–Crippen LogP) is 13.0. The largest absolute Gasteiger partial charge is 0.292 e. The molecule has 0 spiro atoms. The Bertz CT molecular complexity index is 3200. The summed E-state index contributed by atoms with van der Waals surface area (Å²) >= 11 is 1.84. The topological polar surface area (TPSA) is 56.5 Å². The van der Waals surface area contributed by atoms with E-state index in [1.165, 1.54) is 36.5 Å². The fraction of sp³-hybridized carbons (Fsp3) is 0.0196. The molecule has 11 rings (SSSR count). The summed E-state index contributed by atoms with van der Waals surface area (Å²) in [6.07, 6.45) is 2.46. The van der Waals surface area contributed by atoms with Crippen molar-refractivity contribution in [2.24, 2.45) is 0 Å². The second kappa shape index (κ2) is 13.8. The van der Waals surface area contributed by atoms with Gasteiger partial charge in [-0.15, -0.1) is 11.3 Å². The molecule has 0 aliphatic heterocycles. The van der Waals surface area contributed by atoms with Crippen molar-refractivity contribution in [2.45, 2.75) is 6.42 Å². The van der Waals surface area contributed by atoms with Gasteiger partial charge < -0.3 is 0 Å². The van der Waals surface area contributed by atoms with Crippen LogP contribution in [0, 0.1) is 0 Å². The van der Waals surface area contributed by atoms with Crippen LogP contribution in [-0.4, -0.2) is 24.5 Å². The standard InChI is InChI=1S/C51H33N5S/c1-4-15-33(16-5-1)36-21-14-22-37(29-36)39-30-38(31-46-53-49(34-17-6-2-7-18-34)55-50(54-46)35-19-8-3-9-20-35)51(52-32-39)56-44-25-12-10-23-40(44)42-27-28-43-41-24-11-13-26-45(41)57-48(43)47(42)56/h1-30,32H,31H2. The van der Waals surface area contributed by atoms with Crippen LogP contribution in [0.4, 0.5) is 0 Å². The Kier molecular flexibility index (Phi) is 8.00. The van der Waals surface area contributed by atoms with Gasteiger partial charge in [0.2, 0.25) is 0 Å². The number of para-hydroxylation sites is 1. The first kappa shape index (κ1) is 33.1. The van der Waals surface area contributed by atoms with E-state index >= 15 is 0 Å². The Morgan fingerprint density at radius 1 is 0.439 bits per heavy atom. The number of fused-ring (bicyclic) bond motifs is 7. The molecule has 0 N–H and O–H groups in total. The molecule has 0 fully saturated rings. The van der Waals surface area contributed by atoms with Gasteiger partial charge in [-0.3, -0.25) is 4.57 Å². The van der Waals surface area contributed by atoms with E-state index in [2.05, 4.69) is 150 Å². The lowest BCUT2D eigenvalue weighted by atomic mass is 9.98. The molecule has 268 valence electrons. The SMILES string of the molecule is c1ccc(-c2cccc(-c3cnc(-n4c5ccccc5c5ccc6c7ccccc7sc6c54)c(Cc4nc(-c5ccccc5)nc(-c5ccccc5)n4)c3)c2)cc1. The van der Waals surface area contributed by atoms with Crippen molar-refractivity contribution in [2.75, 3.05) is 0 Å². The van der Waals surface area contributed by atoms with Crippen LogP contribution in [0.5, 0.6) is 0 Å². The molecule has 0 amide bonds.